The lowest BCUT2D eigenvalue weighted by molar-refractivity contribution is 0.0971. The third kappa shape index (κ3) is 3.49. The zero-order valence-electron chi connectivity index (χ0n) is 13.8. The molecule has 1 heterocycles. The normalized spacial score (nSPS) is 11.5. The maximum absolute atomic E-state index is 12.6. The highest BCUT2D eigenvalue weighted by molar-refractivity contribution is 7.90. The van der Waals surface area contributed by atoms with Crippen molar-refractivity contribution in [2.75, 3.05) is 0 Å². The van der Waals surface area contributed by atoms with Crippen LogP contribution in [-0.4, -0.2) is 22.7 Å². The highest BCUT2D eigenvalue weighted by Gasteiger charge is 2.21. The van der Waals surface area contributed by atoms with Crippen molar-refractivity contribution in [3.63, 3.8) is 0 Å². The van der Waals surface area contributed by atoms with Crippen LogP contribution in [0, 0.1) is 6.92 Å². The molecule has 0 spiro atoms. The van der Waals surface area contributed by atoms with Gasteiger partial charge in [0.2, 0.25) is 0 Å². The summed E-state index contributed by atoms with van der Waals surface area (Å²) in [5, 5.41) is 0.495. The number of benzene rings is 2. The van der Waals surface area contributed by atoms with Gasteiger partial charge in [-0.1, -0.05) is 29.3 Å². The summed E-state index contributed by atoms with van der Waals surface area (Å²) in [6.07, 6.45) is 2.43. The molecule has 0 unspecified atom stereocenters. The quantitative estimate of drug-likeness (QED) is 0.627. The van der Waals surface area contributed by atoms with Gasteiger partial charge in [0.15, 0.2) is 5.78 Å². The molecule has 0 radical (unpaired) electrons. The molecular weight excluding hydrogens is 376 g/mol. The summed E-state index contributed by atoms with van der Waals surface area (Å²) in [6.45, 7) is 1.57. The Morgan fingerprint density at radius 2 is 1.62 bits per heavy atom. The predicted octanol–water partition coefficient (Wildman–Crippen LogP) is 2.73. The molecule has 2 aromatic carbocycles. The minimum Gasteiger partial charge on any atom is -0.292 e. The van der Waals surface area contributed by atoms with Gasteiger partial charge in [0.25, 0.3) is 10.0 Å². The first-order valence-electron chi connectivity index (χ1n) is 7.68. The van der Waals surface area contributed by atoms with Crippen molar-refractivity contribution < 1.29 is 13.2 Å². The molecule has 0 fully saturated rings. The van der Waals surface area contributed by atoms with Gasteiger partial charge in [-0.2, -0.15) is 3.97 Å². The van der Waals surface area contributed by atoms with Crippen molar-refractivity contribution in [2.24, 2.45) is 0 Å². The molecule has 3 aromatic rings. The topological polar surface area (TPSA) is 78.1 Å². The lowest BCUT2D eigenvalue weighted by Gasteiger charge is -2.05. The van der Waals surface area contributed by atoms with E-state index in [4.69, 9.17) is 11.6 Å². The van der Waals surface area contributed by atoms with Gasteiger partial charge in [-0.25, -0.2) is 13.2 Å². The molecule has 0 aliphatic carbocycles. The number of rotatable bonds is 5. The van der Waals surface area contributed by atoms with E-state index < -0.39 is 15.7 Å². The average Bonchev–Trinajstić information content (AvgIpc) is 2.97. The van der Waals surface area contributed by atoms with Gasteiger partial charge < -0.3 is 0 Å². The van der Waals surface area contributed by atoms with Crippen molar-refractivity contribution in [3.05, 3.63) is 87.6 Å². The van der Waals surface area contributed by atoms with E-state index in [-0.39, 0.29) is 17.2 Å². The molecule has 0 saturated carbocycles. The van der Waals surface area contributed by atoms with Gasteiger partial charge in [0.1, 0.15) is 0 Å². The molecule has 0 aliphatic heterocycles. The standard InChI is InChI=1S/C18H15ClN2O4S/c1-13-2-8-16(9-3-13)26(24,25)21-11-10-20(18(21)23)12-17(22)14-4-6-15(19)7-5-14/h2-11H,12H2,1H3. The number of aromatic nitrogens is 2. The second-order valence-electron chi connectivity index (χ2n) is 5.75. The number of halogens is 1. The van der Waals surface area contributed by atoms with Crippen LogP contribution in [0.15, 0.2) is 70.6 Å². The molecule has 3 rings (SSSR count). The zero-order chi connectivity index (χ0) is 18.9. The SMILES string of the molecule is Cc1ccc(S(=O)(=O)n2ccn(CC(=O)c3ccc(Cl)cc3)c2=O)cc1. The number of imidazole rings is 1. The number of hydrogen-bond donors (Lipinski definition) is 0. The third-order valence-corrected chi connectivity index (χ3v) is 5.79. The summed E-state index contributed by atoms with van der Waals surface area (Å²) in [4.78, 5) is 24.7. The zero-order valence-corrected chi connectivity index (χ0v) is 15.4. The van der Waals surface area contributed by atoms with Crippen molar-refractivity contribution in [3.8, 4) is 0 Å². The van der Waals surface area contributed by atoms with E-state index in [1.54, 1.807) is 36.4 Å². The number of carbonyl (C=O) groups is 1. The second kappa shape index (κ2) is 6.93. The number of ketones is 1. The summed E-state index contributed by atoms with van der Waals surface area (Å²) in [5.41, 5.74) is 0.491. The van der Waals surface area contributed by atoms with Crippen LogP contribution in [0.5, 0.6) is 0 Å². The number of aryl methyl sites for hydroxylation is 1. The van der Waals surface area contributed by atoms with Gasteiger partial charge in [-0.05, 0) is 43.3 Å². The van der Waals surface area contributed by atoms with Gasteiger partial charge in [0, 0.05) is 23.0 Å². The molecule has 0 amide bonds. The van der Waals surface area contributed by atoms with E-state index in [0.717, 1.165) is 16.3 Å². The fourth-order valence-electron chi connectivity index (χ4n) is 2.40. The Hall–Kier alpha value is -2.64. The maximum Gasteiger partial charge on any atom is 0.342 e. The first-order chi connectivity index (χ1) is 12.3. The van der Waals surface area contributed by atoms with E-state index in [1.807, 2.05) is 6.92 Å². The first-order valence-corrected chi connectivity index (χ1v) is 9.49. The monoisotopic (exact) mass is 390 g/mol. The van der Waals surface area contributed by atoms with Crippen LogP contribution in [0.25, 0.3) is 0 Å². The minimum absolute atomic E-state index is 0.00646. The molecular formula is C18H15ClN2O4S. The number of carbonyl (C=O) groups excluding carboxylic acids is 1. The van der Waals surface area contributed by atoms with Crippen LogP contribution in [-0.2, 0) is 16.6 Å². The Labute approximate surface area is 155 Å². The lowest BCUT2D eigenvalue weighted by atomic mass is 10.1. The van der Waals surface area contributed by atoms with Crippen molar-refractivity contribution in [2.45, 2.75) is 18.4 Å². The average molecular weight is 391 g/mol. The van der Waals surface area contributed by atoms with Crippen LogP contribution < -0.4 is 5.69 Å². The Morgan fingerprint density at radius 1 is 1.00 bits per heavy atom. The van der Waals surface area contributed by atoms with Gasteiger partial charge in [-0.3, -0.25) is 9.36 Å². The molecule has 0 atom stereocenters. The fourth-order valence-corrected chi connectivity index (χ4v) is 3.76. The van der Waals surface area contributed by atoms with Crippen molar-refractivity contribution >= 4 is 27.4 Å². The van der Waals surface area contributed by atoms with E-state index in [9.17, 15) is 18.0 Å². The summed E-state index contributed by atoms with van der Waals surface area (Å²) in [6, 6.07) is 12.4. The first kappa shape index (κ1) is 18.2. The summed E-state index contributed by atoms with van der Waals surface area (Å²) in [7, 11) is -4.02. The molecule has 0 saturated heterocycles. The maximum atomic E-state index is 12.6. The van der Waals surface area contributed by atoms with E-state index in [1.165, 1.54) is 18.3 Å². The molecule has 6 nitrogen and oxygen atoms in total. The van der Waals surface area contributed by atoms with Gasteiger partial charge in [-0.15, -0.1) is 0 Å². The van der Waals surface area contributed by atoms with Crippen molar-refractivity contribution in [1.29, 1.82) is 0 Å². The van der Waals surface area contributed by atoms with Crippen LogP contribution in [0.4, 0.5) is 0 Å². The molecule has 0 N–H and O–H groups in total. The molecule has 1 aromatic heterocycles. The largest absolute Gasteiger partial charge is 0.342 e. The van der Waals surface area contributed by atoms with Gasteiger partial charge >= 0.3 is 5.69 Å². The summed E-state index contributed by atoms with van der Waals surface area (Å²) in [5.74, 6) is -0.325. The van der Waals surface area contributed by atoms with E-state index >= 15 is 0 Å². The highest BCUT2D eigenvalue weighted by atomic mass is 35.5. The second-order valence-corrected chi connectivity index (χ2v) is 8.00. The predicted molar refractivity (Wildman–Crippen MR) is 98.2 cm³/mol. The molecule has 26 heavy (non-hydrogen) atoms. The van der Waals surface area contributed by atoms with Crippen LogP contribution in [0.2, 0.25) is 5.02 Å². The Balaban J connectivity index is 1.90. The van der Waals surface area contributed by atoms with Crippen LogP contribution in [0.3, 0.4) is 0 Å². The van der Waals surface area contributed by atoms with E-state index in [2.05, 4.69) is 0 Å². The minimum atomic E-state index is -4.02. The van der Waals surface area contributed by atoms with E-state index in [0.29, 0.717) is 14.6 Å². The summed E-state index contributed by atoms with van der Waals surface area (Å²) < 4.78 is 26.9. The number of Topliss-reactive ketones (excluding diaryl/α,β-unsaturated/α-hetero) is 1. The Morgan fingerprint density at radius 3 is 2.23 bits per heavy atom. The van der Waals surface area contributed by atoms with Crippen molar-refractivity contribution in [1.82, 2.24) is 8.54 Å². The summed E-state index contributed by atoms with van der Waals surface area (Å²) >= 11 is 5.79. The van der Waals surface area contributed by atoms with Gasteiger partial charge in [0.05, 0.1) is 11.4 Å². The van der Waals surface area contributed by atoms with Crippen LogP contribution >= 0.6 is 11.6 Å². The number of hydrogen-bond acceptors (Lipinski definition) is 4. The molecule has 0 bridgehead atoms. The van der Waals surface area contributed by atoms with Crippen LogP contribution in [0.1, 0.15) is 15.9 Å². The lowest BCUT2D eigenvalue weighted by Crippen LogP contribution is -2.30. The Kier molecular flexibility index (Phi) is 4.84. The highest BCUT2D eigenvalue weighted by Crippen LogP contribution is 2.13. The molecule has 134 valence electrons. The Bertz CT molecular complexity index is 1110. The molecule has 0 aliphatic rings. The molecule has 8 heteroatoms. The third-order valence-electron chi connectivity index (χ3n) is 3.87. The fraction of sp³-hybridized carbons (Fsp3) is 0.111. The smallest absolute Gasteiger partial charge is 0.292 e. The number of nitrogens with zero attached hydrogens (tertiary/aromatic N) is 2.